The molecule has 1 saturated heterocycles. The maximum atomic E-state index is 11.6. The summed E-state index contributed by atoms with van der Waals surface area (Å²) in [5, 5.41) is 2.99. The van der Waals surface area contributed by atoms with Crippen molar-refractivity contribution >= 4 is 17.5 Å². The Bertz CT molecular complexity index is 533. The summed E-state index contributed by atoms with van der Waals surface area (Å²) >= 11 is 0. The number of carbonyl (C=O) groups excluding carboxylic acids is 2. The van der Waals surface area contributed by atoms with Crippen molar-refractivity contribution in [2.75, 3.05) is 24.5 Å². The number of aromatic nitrogens is 1. The SMILES string of the molecule is CCCC(=O)NCC1CCCN(c2ccncc2C(N)=O)C1. The number of nitrogens with zero attached hydrogens (tertiary/aromatic N) is 2. The molecule has 6 heteroatoms. The van der Waals surface area contributed by atoms with Crippen LogP contribution in [-0.4, -0.2) is 36.4 Å². The van der Waals surface area contributed by atoms with Gasteiger partial charge in [0.1, 0.15) is 0 Å². The van der Waals surface area contributed by atoms with E-state index in [4.69, 9.17) is 5.73 Å². The van der Waals surface area contributed by atoms with E-state index in [0.29, 0.717) is 24.4 Å². The smallest absolute Gasteiger partial charge is 0.252 e. The van der Waals surface area contributed by atoms with E-state index in [2.05, 4.69) is 15.2 Å². The highest BCUT2D eigenvalue weighted by molar-refractivity contribution is 5.98. The maximum Gasteiger partial charge on any atom is 0.252 e. The third-order valence-electron chi connectivity index (χ3n) is 3.99. The van der Waals surface area contributed by atoms with Crippen molar-refractivity contribution in [1.82, 2.24) is 10.3 Å². The molecule has 0 bridgehead atoms. The van der Waals surface area contributed by atoms with E-state index in [-0.39, 0.29) is 5.91 Å². The van der Waals surface area contributed by atoms with Crippen molar-refractivity contribution in [2.24, 2.45) is 11.7 Å². The average molecular weight is 304 g/mol. The van der Waals surface area contributed by atoms with Crippen molar-refractivity contribution in [3.05, 3.63) is 24.0 Å². The first-order chi connectivity index (χ1) is 10.6. The molecule has 1 aromatic heterocycles. The fourth-order valence-corrected chi connectivity index (χ4v) is 2.88. The molecule has 0 aromatic carbocycles. The second-order valence-electron chi connectivity index (χ2n) is 5.77. The number of anilines is 1. The highest BCUT2D eigenvalue weighted by Crippen LogP contribution is 2.25. The van der Waals surface area contributed by atoms with Crippen LogP contribution in [0.4, 0.5) is 5.69 Å². The van der Waals surface area contributed by atoms with Gasteiger partial charge in [0, 0.05) is 38.4 Å². The molecule has 1 atom stereocenters. The first-order valence-electron chi connectivity index (χ1n) is 7.87. The predicted molar refractivity (Wildman–Crippen MR) is 85.6 cm³/mol. The van der Waals surface area contributed by atoms with Crippen LogP contribution in [0.3, 0.4) is 0 Å². The second-order valence-corrected chi connectivity index (χ2v) is 5.77. The molecule has 0 radical (unpaired) electrons. The molecule has 1 aromatic rings. The summed E-state index contributed by atoms with van der Waals surface area (Å²) in [6.07, 6.45) is 6.75. The number of rotatable bonds is 6. The van der Waals surface area contributed by atoms with Gasteiger partial charge in [0.2, 0.25) is 5.91 Å². The normalized spacial score (nSPS) is 18.0. The van der Waals surface area contributed by atoms with Crippen molar-refractivity contribution in [1.29, 1.82) is 0 Å². The summed E-state index contributed by atoms with van der Waals surface area (Å²) in [6, 6.07) is 1.83. The minimum atomic E-state index is -0.457. The molecule has 0 aliphatic carbocycles. The minimum Gasteiger partial charge on any atom is -0.370 e. The van der Waals surface area contributed by atoms with Gasteiger partial charge in [-0.05, 0) is 31.2 Å². The summed E-state index contributed by atoms with van der Waals surface area (Å²) in [6.45, 7) is 4.39. The van der Waals surface area contributed by atoms with Crippen LogP contribution in [0.15, 0.2) is 18.5 Å². The zero-order valence-corrected chi connectivity index (χ0v) is 13.0. The van der Waals surface area contributed by atoms with Crippen molar-refractivity contribution in [2.45, 2.75) is 32.6 Å². The van der Waals surface area contributed by atoms with Crippen molar-refractivity contribution in [3.63, 3.8) is 0 Å². The molecule has 1 aliphatic heterocycles. The molecule has 1 fully saturated rings. The number of piperidine rings is 1. The fourth-order valence-electron chi connectivity index (χ4n) is 2.88. The van der Waals surface area contributed by atoms with E-state index in [9.17, 15) is 9.59 Å². The fraction of sp³-hybridized carbons (Fsp3) is 0.562. The number of hydrogen-bond donors (Lipinski definition) is 2. The summed E-state index contributed by atoms with van der Waals surface area (Å²) < 4.78 is 0. The van der Waals surface area contributed by atoms with Crippen molar-refractivity contribution in [3.8, 4) is 0 Å². The van der Waals surface area contributed by atoms with Gasteiger partial charge >= 0.3 is 0 Å². The van der Waals surface area contributed by atoms with E-state index in [1.165, 1.54) is 6.20 Å². The highest BCUT2D eigenvalue weighted by atomic mass is 16.1. The van der Waals surface area contributed by atoms with Gasteiger partial charge < -0.3 is 16.0 Å². The topological polar surface area (TPSA) is 88.3 Å². The molecule has 2 heterocycles. The monoisotopic (exact) mass is 304 g/mol. The molecule has 6 nitrogen and oxygen atoms in total. The number of nitrogens with two attached hydrogens (primary N) is 1. The molecule has 1 unspecified atom stereocenters. The molecule has 120 valence electrons. The molecular formula is C16H24N4O2. The Labute approximate surface area is 131 Å². The lowest BCUT2D eigenvalue weighted by atomic mass is 9.97. The van der Waals surface area contributed by atoms with Crippen LogP contribution in [0.1, 0.15) is 43.0 Å². The van der Waals surface area contributed by atoms with Crippen molar-refractivity contribution < 1.29 is 9.59 Å². The van der Waals surface area contributed by atoms with Crippen LogP contribution in [0.25, 0.3) is 0 Å². The third kappa shape index (κ3) is 4.19. The lowest BCUT2D eigenvalue weighted by molar-refractivity contribution is -0.121. The maximum absolute atomic E-state index is 11.6. The van der Waals surface area contributed by atoms with E-state index in [1.54, 1.807) is 6.20 Å². The molecule has 0 saturated carbocycles. The molecule has 2 amide bonds. The Kier molecular flexibility index (Phi) is 5.75. The van der Waals surface area contributed by atoms with Crippen LogP contribution in [-0.2, 0) is 4.79 Å². The van der Waals surface area contributed by atoms with Gasteiger partial charge in [0.25, 0.3) is 5.91 Å². The van der Waals surface area contributed by atoms with Crippen LogP contribution in [0, 0.1) is 5.92 Å². The minimum absolute atomic E-state index is 0.112. The molecule has 1 aliphatic rings. The van der Waals surface area contributed by atoms with Gasteiger partial charge in [-0.25, -0.2) is 0 Å². The number of hydrogen-bond acceptors (Lipinski definition) is 4. The van der Waals surface area contributed by atoms with Gasteiger partial charge in [0.05, 0.1) is 11.3 Å². The summed E-state index contributed by atoms with van der Waals surface area (Å²) in [7, 11) is 0. The van der Waals surface area contributed by atoms with E-state index < -0.39 is 5.91 Å². The second kappa shape index (κ2) is 7.77. The lowest BCUT2D eigenvalue weighted by Gasteiger charge is -2.35. The highest BCUT2D eigenvalue weighted by Gasteiger charge is 2.23. The molecular weight excluding hydrogens is 280 g/mol. The number of pyridine rings is 1. The third-order valence-corrected chi connectivity index (χ3v) is 3.99. The summed E-state index contributed by atoms with van der Waals surface area (Å²) in [5.74, 6) is 0.0475. The molecule has 3 N–H and O–H groups in total. The largest absolute Gasteiger partial charge is 0.370 e. The molecule has 22 heavy (non-hydrogen) atoms. The first-order valence-corrected chi connectivity index (χ1v) is 7.87. The van der Waals surface area contributed by atoms with E-state index in [1.807, 2.05) is 13.0 Å². The Hall–Kier alpha value is -2.11. The van der Waals surface area contributed by atoms with Gasteiger partial charge in [0.15, 0.2) is 0 Å². The molecule has 2 rings (SSSR count). The van der Waals surface area contributed by atoms with Gasteiger partial charge in [-0.3, -0.25) is 14.6 Å². The zero-order chi connectivity index (χ0) is 15.9. The summed E-state index contributed by atoms with van der Waals surface area (Å²) in [5.41, 5.74) is 6.72. The lowest BCUT2D eigenvalue weighted by Crippen LogP contribution is -2.41. The van der Waals surface area contributed by atoms with Crippen LogP contribution < -0.4 is 16.0 Å². The number of amides is 2. The average Bonchev–Trinajstić information content (AvgIpc) is 2.53. The predicted octanol–water partition coefficient (Wildman–Crippen LogP) is 1.31. The van der Waals surface area contributed by atoms with Gasteiger partial charge in [-0.1, -0.05) is 6.92 Å². The standard InChI is InChI=1S/C16H24N4O2/c1-2-4-15(21)19-9-12-5-3-8-20(11-12)14-6-7-18-10-13(14)16(17)22/h6-7,10,12H,2-5,8-9,11H2,1H3,(H2,17,22)(H,19,21). The zero-order valence-electron chi connectivity index (χ0n) is 13.0. The number of carbonyl (C=O) groups is 2. The summed E-state index contributed by atoms with van der Waals surface area (Å²) in [4.78, 5) is 29.3. The Morgan fingerprint density at radius 2 is 2.32 bits per heavy atom. The van der Waals surface area contributed by atoms with E-state index >= 15 is 0 Å². The van der Waals surface area contributed by atoms with Crippen LogP contribution >= 0.6 is 0 Å². The number of nitrogens with one attached hydrogen (secondary N) is 1. The Morgan fingerprint density at radius 3 is 3.05 bits per heavy atom. The Morgan fingerprint density at radius 1 is 1.50 bits per heavy atom. The number of primary amides is 1. The van der Waals surface area contributed by atoms with Crippen LogP contribution in [0.5, 0.6) is 0 Å². The van der Waals surface area contributed by atoms with Gasteiger partial charge in [-0.2, -0.15) is 0 Å². The first kappa shape index (κ1) is 16.3. The molecule has 0 spiro atoms. The quantitative estimate of drug-likeness (QED) is 0.829. The van der Waals surface area contributed by atoms with E-state index in [0.717, 1.165) is 38.0 Å². The Balaban J connectivity index is 1.99. The van der Waals surface area contributed by atoms with Crippen LogP contribution in [0.2, 0.25) is 0 Å². The van der Waals surface area contributed by atoms with Gasteiger partial charge in [-0.15, -0.1) is 0 Å².